The second-order valence-corrected chi connectivity index (χ2v) is 15.2. The minimum Gasteiger partial charge on any atom is -0.477 e. The van der Waals surface area contributed by atoms with Crippen LogP contribution >= 0.6 is 0 Å². The van der Waals surface area contributed by atoms with E-state index in [9.17, 15) is 19.5 Å². The van der Waals surface area contributed by atoms with E-state index in [1.54, 1.807) is 0 Å². The number of carbonyl (C=O) groups excluding carboxylic acids is 2. The first kappa shape index (κ1) is 48.1. The molecule has 0 aliphatic rings. The summed E-state index contributed by atoms with van der Waals surface area (Å²) in [5, 5.41) is 9.58. The van der Waals surface area contributed by atoms with Crippen molar-refractivity contribution in [2.45, 2.75) is 199 Å². The molecule has 8 heteroatoms. The topological polar surface area (TPSA) is 99.1 Å². The van der Waals surface area contributed by atoms with Gasteiger partial charge >= 0.3 is 17.9 Å². The number of esters is 2. The van der Waals surface area contributed by atoms with Gasteiger partial charge in [-0.1, -0.05) is 142 Å². The Hall–Kier alpha value is -1.93. The van der Waals surface area contributed by atoms with E-state index in [1.807, 2.05) is 21.1 Å². The van der Waals surface area contributed by atoms with Crippen molar-refractivity contribution in [1.82, 2.24) is 0 Å². The summed E-state index contributed by atoms with van der Waals surface area (Å²) in [4.78, 5) is 36.8. The van der Waals surface area contributed by atoms with Crippen molar-refractivity contribution >= 4 is 17.9 Å². The lowest BCUT2D eigenvalue weighted by Gasteiger charge is -2.31. The van der Waals surface area contributed by atoms with Gasteiger partial charge in [-0.15, -0.1) is 0 Å². The molecule has 0 rings (SSSR count). The molecule has 0 aliphatic carbocycles. The molecule has 0 saturated heterocycles. The number of aliphatic carboxylic acids is 1. The number of carboxylic acid groups (broad SMARTS) is 1. The van der Waals surface area contributed by atoms with Crippen molar-refractivity contribution in [3.63, 3.8) is 0 Å². The standard InChI is InChI=1S/C42H79NO7/c1-6-8-10-12-14-16-17-18-19-20-21-22-23-25-26-28-30-32-40(44)49-37-38(36-48-35-34-39(42(46)47)43(3,4)5)50-41(45)33-31-29-27-24-15-13-11-9-7-2/h18-19,38-39H,6-17,20-37H2,1-5H3/p+1/b19-18+. The summed E-state index contributed by atoms with van der Waals surface area (Å²) in [6.07, 6.45) is 33.9. The van der Waals surface area contributed by atoms with Gasteiger partial charge in [-0.25, -0.2) is 4.79 Å². The van der Waals surface area contributed by atoms with Gasteiger partial charge in [0.1, 0.15) is 6.61 Å². The Kier molecular flexibility index (Phi) is 32.9. The van der Waals surface area contributed by atoms with Crippen LogP contribution in [0, 0.1) is 0 Å². The van der Waals surface area contributed by atoms with Crippen LogP contribution in [-0.4, -0.2) is 80.6 Å². The summed E-state index contributed by atoms with van der Waals surface area (Å²) in [6, 6.07) is -0.609. The third-order valence-electron chi connectivity index (χ3n) is 9.41. The van der Waals surface area contributed by atoms with Crippen LogP contribution in [0.4, 0.5) is 0 Å². The molecule has 0 aromatic rings. The number of hydrogen-bond donors (Lipinski definition) is 1. The SMILES string of the molecule is CCCCCCCC/C=C/CCCCCCCCCC(=O)OCC(COCCC(C(=O)O)[N+](C)(C)C)OC(=O)CCCCCCCCCCC. The zero-order valence-electron chi connectivity index (χ0n) is 33.4. The molecule has 294 valence electrons. The summed E-state index contributed by atoms with van der Waals surface area (Å²) in [6.45, 7) is 4.71. The zero-order chi connectivity index (χ0) is 37.1. The maximum atomic E-state index is 12.6. The number of rotatable bonds is 37. The Balaban J connectivity index is 4.29. The lowest BCUT2D eigenvalue weighted by molar-refractivity contribution is -0.887. The van der Waals surface area contributed by atoms with E-state index in [0.29, 0.717) is 19.3 Å². The van der Waals surface area contributed by atoms with Gasteiger partial charge in [-0.2, -0.15) is 0 Å². The molecule has 0 fully saturated rings. The minimum absolute atomic E-state index is 0.0482. The average molecular weight is 711 g/mol. The molecule has 2 unspecified atom stereocenters. The summed E-state index contributed by atoms with van der Waals surface area (Å²) >= 11 is 0. The lowest BCUT2D eigenvalue weighted by atomic mass is 10.1. The first-order valence-corrected chi connectivity index (χ1v) is 20.7. The lowest BCUT2D eigenvalue weighted by Crippen LogP contribution is -2.50. The Bertz CT molecular complexity index is 838. The highest BCUT2D eigenvalue weighted by Gasteiger charge is 2.31. The van der Waals surface area contributed by atoms with E-state index >= 15 is 0 Å². The minimum atomic E-state index is -0.874. The molecule has 1 N–H and O–H groups in total. The number of allylic oxidation sites excluding steroid dienone is 2. The first-order valence-electron chi connectivity index (χ1n) is 20.7. The molecule has 0 bridgehead atoms. The summed E-state index contributed by atoms with van der Waals surface area (Å²) in [5.74, 6) is -1.47. The Morgan fingerprint density at radius 1 is 0.580 bits per heavy atom. The van der Waals surface area contributed by atoms with Crippen LogP contribution in [-0.2, 0) is 28.6 Å². The average Bonchev–Trinajstić information content (AvgIpc) is 3.06. The van der Waals surface area contributed by atoms with Crippen LogP contribution < -0.4 is 0 Å². The Morgan fingerprint density at radius 3 is 1.44 bits per heavy atom. The number of likely N-dealkylation sites (N-methyl/N-ethyl adjacent to an activating group) is 1. The van der Waals surface area contributed by atoms with Crippen molar-refractivity contribution in [2.75, 3.05) is 41.0 Å². The fourth-order valence-corrected chi connectivity index (χ4v) is 6.14. The van der Waals surface area contributed by atoms with E-state index < -0.39 is 18.1 Å². The van der Waals surface area contributed by atoms with Gasteiger partial charge in [0.05, 0.1) is 34.4 Å². The molecule has 0 heterocycles. The fourth-order valence-electron chi connectivity index (χ4n) is 6.14. The molecule has 50 heavy (non-hydrogen) atoms. The van der Waals surface area contributed by atoms with Gasteiger partial charge < -0.3 is 23.8 Å². The van der Waals surface area contributed by atoms with Gasteiger partial charge in [0.2, 0.25) is 0 Å². The smallest absolute Gasteiger partial charge is 0.362 e. The van der Waals surface area contributed by atoms with E-state index in [-0.39, 0.29) is 36.2 Å². The van der Waals surface area contributed by atoms with E-state index in [1.165, 1.54) is 116 Å². The number of hydrogen-bond acceptors (Lipinski definition) is 6. The molecule has 0 amide bonds. The maximum Gasteiger partial charge on any atom is 0.362 e. The highest BCUT2D eigenvalue weighted by atomic mass is 16.6. The predicted octanol–water partition coefficient (Wildman–Crippen LogP) is 10.7. The number of carboxylic acids is 1. The molecule has 8 nitrogen and oxygen atoms in total. The first-order chi connectivity index (χ1) is 24.1. The molecule has 0 saturated carbocycles. The molecule has 0 aliphatic heterocycles. The largest absolute Gasteiger partial charge is 0.477 e. The van der Waals surface area contributed by atoms with Crippen molar-refractivity contribution in [2.24, 2.45) is 0 Å². The molecular formula is C42H80NO7+. The second kappa shape index (κ2) is 34.2. The van der Waals surface area contributed by atoms with Crippen molar-refractivity contribution in [3.8, 4) is 0 Å². The third-order valence-corrected chi connectivity index (χ3v) is 9.41. The summed E-state index contributed by atoms with van der Waals surface area (Å²) < 4.78 is 17.2. The number of quaternary nitrogens is 1. The van der Waals surface area contributed by atoms with Gasteiger partial charge in [0, 0.05) is 19.3 Å². The highest BCUT2D eigenvalue weighted by molar-refractivity contribution is 5.72. The summed E-state index contributed by atoms with van der Waals surface area (Å²) in [5.41, 5.74) is 0. The molecule has 0 spiro atoms. The monoisotopic (exact) mass is 711 g/mol. The number of carbonyl (C=O) groups is 3. The van der Waals surface area contributed by atoms with Crippen molar-refractivity contribution in [3.05, 3.63) is 12.2 Å². The predicted molar refractivity (Wildman–Crippen MR) is 206 cm³/mol. The fraction of sp³-hybridized carbons (Fsp3) is 0.881. The van der Waals surface area contributed by atoms with E-state index in [4.69, 9.17) is 14.2 Å². The van der Waals surface area contributed by atoms with Crippen LogP contribution in [0.3, 0.4) is 0 Å². The van der Waals surface area contributed by atoms with E-state index in [2.05, 4.69) is 26.0 Å². The Morgan fingerprint density at radius 2 is 1.00 bits per heavy atom. The molecule has 0 aromatic heterocycles. The Labute approximate surface area is 308 Å². The molecule has 2 atom stereocenters. The number of unbranched alkanes of at least 4 members (excludes halogenated alkanes) is 21. The van der Waals surface area contributed by atoms with Crippen LogP contribution in [0.25, 0.3) is 0 Å². The van der Waals surface area contributed by atoms with Crippen LogP contribution in [0.15, 0.2) is 12.2 Å². The van der Waals surface area contributed by atoms with Gasteiger partial charge in [-0.05, 0) is 38.5 Å². The van der Waals surface area contributed by atoms with Crippen molar-refractivity contribution in [1.29, 1.82) is 0 Å². The van der Waals surface area contributed by atoms with Crippen LogP contribution in [0.5, 0.6) is 0 Å². The van der Waals surface area contributed by atoms with Crippen LogP contribution in [0.2, 0.25) is 0 Å². The van der Waals surface area contributed by atoms with Crippen LogP contribution in [0.1, 0.15) is 187 Å². The number of nitrogens with zero attached hydrogens (tertiary/aromatic N) is 1. The van der Waals surface area contributed by atoms with Gasteiger partial charge in [-0.3, -0.25) is 9.59 Å². The number of ether oxygens (including phenoxy) is 3. The second-order valence-electron chi connectivity index (χ2n) is 15.2. The van der Waals surface area contributed by atoms with Gasteiger partial charge in [0.15, 0.2) is 12.1 Å². The molecule has 0 radical (unpaired) electrons. The van der Waals surface area contributed by atoms with Crippen molar-refractivity contribution < 1.29 is 38.2 Å². The maximum absolute atomic E-state index is 12.6. The van der Waals surface area contributed by atoms with Gasteiger partial charge in [0.25, 0.3) is 0 Å². The van der Waals surface area contributed by atoms with E-state index in [0.717, 1.165) is 38.5 Å². The zero-order valence-corrected chi connectivity index (χ0v) is 33.4. The third kappa shape index (κ3) is 32.0. The normalized spacial score (nSPS) is 13.1. The quantitative estimate of drug-likeness (QED) is 0.0296. The molecular weight excluding hydrogens is 630 g/mol. The summed E-state index contributed by atoms with van der Waals surface area (Å²) in [7, 11) is 5.52. The highest BCUT2D eigenvalue weighted by Crippen LogP contribution is 2.14. The molecule has 0 aromatic carbocycles.